The average Bonchev–Trinajstić information content (AvgIpc) is 3.31. The zero-order chi connectivity index (χ0) is 21.1. The molecule has 4 rings (SSSR count). The predicted molar refractivity (Wildman–Crippen MR) is 115 cm³/mol. The number of nitriles is 1. The van der Waals surface area contributed by atoms with E-state index in [-0.39, 0.29) is 19.3 Å². The minimum absolute atomic E-state index is 0.166. The molecule has 1 aromatic heterocycles. The van der Waals surface area contributed by atoms with Crippen LogP contribution >= 0.6 is 22.9 Å². The topological polar surface area (TPSA) is 80.6 Å². The number of fused-ring (bicyclic) bond motifs is 1. The standard InChI is InChI=1S/C22H17ClN2O4S/c1-13-17(10-24)22(25-21(26)11-27-16-5-3-15(23)4-6-16)30-20(13)9-14-2-7-18-19(8-14)29-12-28-18/h2-8H,9,11-12H2,1H3,(H,25,26). The van der Waals surface area contributed by atoms with Gasteiger partial charge >= 0.3 is 0 Å². The van der Waals surface area contributed by atoms with Crippen molar-refractivity contribution in [1.82, 2.24) is 0 Å². The van der Waals surface area contributed by atoms with Crippen molar-refractivity contribution in [2.24, 2.45) is 0 Å². The zero-order valence-corrected chi connectivity index (χ0v) is 17.6. The van der Waals surface area contributed by atoms with Gasteiger partial charge in [0.05, 0.1) is 5.56 Å². The quantitative estimate of drug-likeness (QED) is 0.588. The number of nitrogens with zero attached hydrogens (tertiary/aromatic N) is 1. The Morgan fingerprint density at radius 1 is 1.23 bits per heavy atom. The van der Waals surface area contributed by atoms with Crippen LogP contribution < -0.4 is 19.5 Å². The van der Waals surface area contributed by atoms with Crippen molar-refractivity contribution in [2.45, 2.75) is 13.3 Å². The number of nitrogens with one attached hydrogen (secondary N) is 1. The summed E-state index contributed by atoms with van der Waals surface area (Å²) >= 11 is 7.23. The maximum atomic E-state index is 12.3. The first-order valence-electron chi connectivity index (χ1n) is 9.12. The summed E-state index contributed by atoms with van der Waals surface area (Å²) in [6, 6.07) is 14.7. The highest BCUT2D eigenvalue weighted by molar-refractivity contribution is 7.16. The molecule has 0 aliphatic carbocycles. The van der Waals surface area contributed by atoms with Gasteiger partial charge in [-0.2, -0.15) is 5.26 Å². The number of halogens is 1. The van der Waals surface area contributed by atoms with Crippen molar-refractivity contribution >= 4 is 33.8 Å². The maximum absolute atomic E-state index is 12.3. The molecule has 1 N–H and O–H groups in total. The first-order chi connectivity index (χ1) is 14.5. The fourth-order valence-electron chi connectivity index (χ4n) is 3.03. The molecule has 2 heterocycles. The molecule has 1 amide bonds. The van der Waals surface area contributed by atoms with E-state index in [0.29, 0.717) is 27.8 Å². The Bertz CT molecular complexity index is 1140. The average molecular weight is 441 g/mol. The molecule has 0 unspecified atom stereocenters. The molecule has 0 saturated heterocycles. The van der Waals surface area contributed by atoms with Crippen LogP contribution in [0.1, 0.15) is 21.6 Å². The maximum Gasteiger partial charge on any atom is 0.262 e. The second-order valence-electron chi connectivity index (χ2n) is 6.62. The second kappa shape index (κ2) is 8.66. The molecule has 0 saturated carbocycles. The molecular formula is C22H17ClN2O4S. The first-order valence-corrected chi connectivity index (χ1v) is 10.3. The Morgan fingerprint density at radius 3 is 2.77 bits per heavy atom. The number of carbonyl (C=O) groups excluding carboxylic acids is 1. The molecular weight excluding hydrogens is 424 g/mol. The highest BCUT2D eigenvalue weighted by Gasteiger charge is 2.19. The first kappa shape index (κ1) is 20.1. The van der Waals surface area contributed by atoms with E-state index in [1.807, 2.05) is 25.1 Å². The second-order valence-corrected chi connectivity index (χ2v) is 8.16. The summed E-state index contributed by atoms with van der Waals surface area (Å²) in [6.07, 6.45) is 0.624. The number of anilines is 1. The van der Waals surface area contributed by atoms with Gasteiger partial charge in [0.25, 0.3) is 5.91 Å². The van der Waals surface area contributed by atoms with Crippen molar-refractivity contribution in [3.05, 3.63) is 69.1 Å². The van der Waals surface area contributed by atoms with E-state index in [1.54, 1.807) is 24.3 Å². The fourth-order valence-corrected chi connectivity index (χ4v) is 4.36. The van der Waals surface area contributed by atoms with E-state index < -0.39 is 0 Å². The zero-order valence-electron chi connectivity index (χ0n) is 16.0. The van der Waals surface area contributed by atoms with Crippen LogP contribution in [-0.4, -0.2) is 19.3 Å². The molecule has 0 bridgehead atoms. The van der Waals surface area contributed by atoms with Crippen LogP contribution in [0.15, 0.2) is 42.5 Å². The van der Waals surface area contributed by atoms with Crippen LogP contribution in [0.2, 0.25) is 5.02 Å². The molecule has 152 valence electrons. The van der Waals surface area contributed by atoms with Crippen molar-refractivity contribution in [2.75, 3.05) is 18.7 Å². The van der Waals surface area contributed by atoms with Crippen molar-refractivity contribution in [3.63, 3.8) is 0 Å². The van der Waals surface area contributed by atoms with Crippen molar-refractivity contribution < 1.29 is 19.0 Å². The number of hydrogen-bond donors (Lipinski definition) is 1. The van der Waals surface area contributed by atoms with Gasteiger partial charge in [0.2, 0.25) is 6.79 Å². The lowest BCUT2D eigenvalue weighted by Gasteiger charge is -2.06. The van der Waals surface area contributed by atoms with Gasteiger partial charge in [-0.3, -0.25) is 4.79 Å². The number of amides is 1. The Morgan fingerprint density at radius 2 is 2.00 bits per heavy atom. The number of rotatable bonds is 6. The highest BCUT2D eigenvalue weighted by Crippen LogP contribution is 2.37. The number of thiophene rings is 1. The van der Waals surface area contributed by atoms with E-state index in [4.69, 9.17) is 25.8 Å². The Balaban J connectivity index is 1.45. The lowest BCUT2D eigenvalue weighted by molar-refractivity contribution is -0.118. The highest BCUT2D eigenvalue weighted by atomic mass is 35.5. The number of carbonyl (C=O) groups is 1. The molecule has 6 nitrogen and oxygen atoms in total. The molecule has 8 heteroatoms. The third-order valence-corrected chi connectivity index (χ3v) is 6.05. The van der Waals surface area contributed by atoms with Crippen LogP contribution in [0.25, 0.3) is 0 Å². The summed E-state index contributed by atoms with van der Waals surface area (Å²) in [5.41, 5.74) is 2.36. The molecule has 0 radical (unpaired) electrons. The van der Waals surface area contributed by atoms with E-state index in [1.165, 1.54) is 11.3 Å². The molecule has 2 aromatic carbocycles. The minimum atomic E-state index is -0.336. The van der Waals surface area contributed by atoms with Crippen molar-refractivity contribution in [1.29, 1.82) is 5.26 Å². The predicted octanol–water partition coefficient (Wildman–Crippen LogP) is 4.92. The van der Waals surface area contributed by atoms with Gasteiger partial charge in [-0.05, 0) is 54.4 Å². The molecule has 0 atom stereocenters. The summed E-state index contributed by atoms with van der Waals surface area (Å²) in [6.45, 7) is 1.95. The Labute approximate surface area is 182 Å². The number of benzene rings is 2. The lowest BCUT2D eigenvalue weighted by atomic mass is 10.1. The third-order valence-electron chi connectivity index (χ3n) is 4.60. The van der Waals surface area contributed by atoms with Crippen molar-refractivity contribution in [3.8, 4) is 23.3 Å². The molecule has 30 heavy (non-hydrogen) atoms. The van der Waals surface area contributed by atoms with Gasteiger partial charge in [-0.25, -0.2) is 0 Å². The van der Waals surface area contributed by atoms with Gasteiger partial charge in [-0.15, -0.1) is 11.3 Å². The lowest BCUT2D eigenvalue weighted by Crippen LogP contribution is -2.20. The van der Waals surface area contributed by atoms with Gasteiger partial charge in [0.1, 0.15) is 16.8 Å². The summed E-state index contributed by atoms with van der Waals surface area (Å²) in [5.74, 6) is 1.65. The van der Waals surface area contributed by atoms with E-state index in [2.05, 4.69) is 11.4 Å². The normalized spacial score (nSPS) is 11.8. The Kier molecular flexibility index (Phi) is 5.79. The fraction of sp³-hybridized carbons (Fsp3) is 0.182. The summed E-state index contributed by atoms with van der Waals surface area (Å²) in [7, 11) is 0. The van der Waals surface area contributed by atoms with Gasteiger partial charge < -0.3 is 19.5 Å². The van der Waals surface area contributed by atoms with E-state index in [0.717, 1.165) is 27.5 Å². The van der Waals surface area contributed by atoms with Crippen LogP contribution in [0, 0.1) is 18.3 Å². The van der Waals surface area contributed by atoms with Crippen LogP contribution in [-0.2, 0) is 11.2 Å². The molecule has 3 aromatic rings. The number of hydrogen-bond acceptors (Lipinski definition) is 6. The van der Waals surface area contributed by atoms with Crippen LogP contribution in [0.3, 0.4) is 0 Å². The summed E-state index contributed by atoms with van der Waals surface area (Å²) in [5, 5.41) is 13.5. The van der Waals surface area contributed by atoms with Crippen LogP contribution in [0.5, 0.6) is 17.2 Å². The largest absolute Gasteiger partial charge is 0.484 e. The smallest absolute Gasteiger partial charge is 0.262 e. The molecule has 0 spiro atoms. The summed E-state index contributed by atoms with van der Waals surface area (Å²) < 4.78 is 16.2. The summed E-state index contributed by atoms with van der Waals surface area (Å²) in [4.78, 5) is 13.3. The van der Waals surface area contributed by atoms with Crippen LogP contribution in [0.4, 0.5) is 5.00 Å². The number of ether oxygens (including phenoxy) is 3. The van der Waals surface area contributed by atoms with Gasteiger partial charge in [0.15, 0.2) is 18.1 Å². The monoisotopic (exact) mass is 440 g/mol. The van der Waals surface area contributed by atoms with E-state index in [9.17, 15) is 10.1 Å². The SMILES string of the molecule is Cc1c(Cc2ccc3c(c2)OCO3)sc(NC(=O)COc2ccc(Cl)cc2)c1C#N. The van der Waals surface area contributed by atoms with Gasteiger partial charge in [0, 0.05) is 16.3 Å². The minimum Gasteiger partial charge on any atom is -0.484 e. The van der Waals surface area contributed by atoms with E-state index >= 15 is 0 Å². The molecule has 1 aliphatic heterocycles. The van der Waals surface area contributed by atoms with Gasteiger partial charge in [-0.1, -0.05) is 17.7 Å². The molecule has 1 aliphatic rings. The molecule has 0 fully saturated rings. The third kappa shape index (κ3) is 4.35. The Hall–Kier alpha value is -3.21.